The SMILES string of the molecule is c1cc(N2CCC(CN3CCCC3)CC2)ccc1CNC1CCCCC1. The van der Waals surface area contributed by atoms with Gasteiger partial charge in [-0.1, -0.05) is 31.4 Å². The van der Waals surface area contributed by atoms with Gasteiger partial charge in [-0.05, 0) is 75.2 Å². The Bertz CT molecular complexity index is 521. The topological polar surface area (TPSA) is 18.5 Å². The molecule has 0 amide bonds. The first-order chi connectivity index (χ1) is 12.9. The second-order valence-electron chi connectivity index (χ2n) is 8.82. The summed E-state index contributed by atoms with van der Waals surface area (Å²) in [6, 6.07) is 10.1. The third-order valence-corrected chi connectivity index (χ3v) is 6.83. The molecule has 144 valence electrons. The minimum Gasteiger partial charge on any atom is -0.372 e. The van der Waals surface area contributed by atoms with Crippen LogP contribution in [0.5, 0.6) is 0 Å². The normalized spacial score (nSPS) is 23.6. The van der Waals surface area contributed by atoms with Gasteiger partial charge in [0.1, 0.15) is 0 Å². The zero-order chi connectivity index (χ0) is 17.6. The Balaban J connectivity index is 1.21. The molecule has 0 aromatic heterocycles. The first-order valence-electron chi connectivity index (χ1n) is 11.2. The van der Waals surface area contributed by atoms with Gasteiger partial charge in [-0.15, -0.1) is 0 Å². The maximum Gasteiger partial charge on any atom is 0.0366 e. The van der Waals surface area contributed by atoms with E-state index in [4.69, 9.17) is 0 Å². The van der Waals surface area contributed by atoms with Crippen LogP contribution in [0.4, 0.5) is 5.69 Å². The number of nitrogens with one attached hydrogen (secondary N) is 1. The quantitative estimate of drug-likeness (QED) is 0.815. The van der Waals surface area contributed by atoms with Crippen LogP contribution in [-0.2, 0) is 6.54 Å². The van der Waals surface area contributed by atoms with Crippen molar-refractivity contribution >= 4 is 5.69 Å². The van der Waals surface area contributed by atoms with E-state index in [1.165, 1.54) is 102 Å². The summed E-state index contributed by atoms with van der Waals surface area (Å²) < 4.78 is 0. The average molecular weight is 356 g/mol. The van der Waals surface area contributed by atoms with E-state index >= 15 is 0 Å². The lowest BCUT2D eigenvalue weighted by atomic mass is 9.95. The van der Waals surface area contributed by atoms with Crippen molar-refractivity contribution in [3.63, 3.8) is 0 Å². The van der Waals surface area contributed by atoms with Crippen molar-refractivity contribution in [2.24, 2.45) is 5.92 Å². The predicted octanol–water partition coefficient (Wildman–Crippen LogP) is 4.42. The smallest absolute Gasteiger partial charge is 0.0366 e. The molecular formula is C23H37N3. The Kier molecular flexibility index (Phi) is 6.50. The van der Waals surface area contributed by atoms with Crippen LogP contribution in [0.1, 0.15) is 63.4 Å². The molecule has 0 bridgehead atoms. The molecule has 0 atom stereocenters. The van der Waals surface area contributed by atoms with Crippen LogP contribution in [0, 0.1) is 5.92 Å². The maximum atomic E-state index is 3.76. The second-order valence-corrected chi connectivity index (χ2v) is 8.82. The van der Waals surface area contributed by atoms with Gasteiger partial charge in [-0.25, -0.2) is 0 Å². The summed E-state index contributed by atoms with van der Waals surface area (Å²) in [6.07, 6.45) is 12.5. The zero-order valence-corrected chi connectivity index (χ0v) is 16.5. The lowest BCUT2D eigenvalue weighted by Gasteiger charge is -2.35. The molecular weight excluding hydrogens is 318 g/mol. The number of hydrogen-bond acceptors (Lipinski definition) is 3. The lowest BCUT2D eigenvalue weighted by molar-refractivity contribution is 0.249. The van der Waals surface area contributed by atoms with E-state index in [0.717, 1.165) is 18.5 Å². The van der Waals surface area contributed by atoms with Crippen molar-refractivity contribution < 1.29 is 0 Å². The molecule has 0 spiro atoms. The van der Waals surface area contributed by atoms with E-state index in [0.29, 0.717) is 0 Å². The molecule has 1 aromatic carbocycles. The molecule has 26 heavy (non-hydrogen) atoms. The molecule has 3 nitrogen and oxygen atoms in total. The minimum atomic E-state index is 0.748. The third kappa shape index (κ3) is 5.01. The number of nitrogens with zero attached hydrogens (tertiary/aromatic N) is 2. The van der Waals surface area contributed by atoms with Crippen LogP contribution in [0.15, 0.2) is 24.3 Å². The number of rotatable bonds is 6. The van der Waals surface area contributed by atoms with Gasteiger partial charge < -0.3 is 15.1 Å². The molecule has 0 radical (unpaired) electrons. The Morgan fingerprint density at radius 1 is 0.769 bits per heavy atom. The number of likely N-dealkylation sites (tertiary alicyclic amines) is 1. The van der Waals surface area contributed by atoms with Crippen LogP contribution >= 0.6 is 0 Å². The molecule has 3 fully saturated rings. The van der Waals surface area contributed by atoms with Crippen LogP contribution in [-0.4, -0.2) is 43.7 Å². The third-order valence-electron chi connectivity index (χ3n) is 6.83. The molecule has 2 saturated heterocycles. The van der Waals surface area contributed by atoms with Crippen LogP contribution in [0.2, 0.25) is 0 Å². The summed E-state index contributed by atoms with van der Waals surface area (Å²) in [5, 5.41) is 3.76. The first kappa shape index (κ1) is 18.3. The summed E-state index contributed by atoms with van der Waals surface area (Å²) in [7, 11) is 0. The fourth-order valence-electron chi connectivity index (χ4n) is 5.10. The van der Waals surface area contributed by atoms with Gasteiger partial charge in [0.2, 0.25) is 0 Å². The molecule has 1 saturated carbocycles. The van der Waals surface area contributed by atoms with Crippen molar-refractivity contribution in [3.05, 3.63) is 29.8 Å². The van der Waals surface area contributed by atoms with Crippen molar-refractivity contribution in [2.45, 2.75) is 70.4 Å². The summed E-state index contributed by atoms with van der Waals surface area (Å²) in [5.74, 6) is 0.920. The Morgan fingerprint density at radius 3 is 2.15 bits per heavy atom. The van der Waals surface area contributed by atoms with Crippen molar-refractivity contribution in [1.29, 1.82) is 0 Å². The molecule has 1 aromatic rings. The molecule has 1 aliphatic carbocycles. The molecule has 1 N–H and O–H groups in total. The zero-order valence-electron chi connectivity index (χ0n) is 16.5. The lowest BCUT2D eigenvalue weighted by Crippen LogP contribution is -2.38. The Hall–Kier alpha value is -1.06. The van der Waals surface area contributed by atoms with E-state index < -0.39 is 0 Å². The highest BCUT2D eigenvalue weighted by molar-refractivity contribution is 5.48. The van der Waals surface area contributed by atoms with E-state index in [-0.39, 0.29) is 0 Å². The van der Waals surface area contributed by atoms with Gasteiger partial charge in [-0.3, -0.25) is 0 Å². The monoisotopic (exact) mass is 355 g/mol. The highest BCUT2D eigenvalue weighted by atomic mass is 15.2. The fourth-order valence-corrected chi connectivity index (χ4v) is 5.10. The van der Waals surface area contributed by atoms with E-state index in [1.807, 2.05) is 0 Å². The van der Waals surface area contributed by atoms with Gasteiger partial charge in [-0.2, -0.15) is 0 Å². The number of piperidine rings is 1. The standard InChI is InChI=1S/C23H37N3/c1-2-6-22(7-3-1)24-18-20-8-10-23(11-9-20)26-16-12-21(13-17-26)19-25-14-4-5-15-25/h8-11,21-22,24H,1-7,12-19H2. The Morgan fingerprint density at radius 2 is 1.46 bits per heavy atom. The van der Waals surface area contributed by atoms with Gasteiger partial charge in [0.15, 0.2) is 0 Å². The highest BCUT2D eigenvalue weighted by Crippen LogP contribution is 2.25. The fraction of sp³-hybridized carbons (Fsp3) is 0.739. The maximum absolute atomic E-state index is 3.76. The molecule has 3 heteroatoms. The number of hydrogen-bond donors (Lipinski definition) is 1. The van der Waals surface area contributed by atoms with Crippen LogP contribution in [0.3, 0.4) is 0 Å². The summed E-state index contributed by atoms with van der Waals surface area (Å²) in [5.41, 5.74) is 2.86. The summed E-state index contributed by atoms with van der Waals surface area (Å²) >= 11 is 0. The molecule has 0 unspecified atom stereocenters. The van der Waals surface area contributed by atoms with Crippen molar-refractivity contribution in [1.82, 2.24) is 10.2 Å². The van der Waals surface area contributed by atoms with Gasteiger partial charge in [0.25, 0.3) is 0 Å². The van der Waals surface area contributed by atoms with Gasteiger partial charge >= 0.3 is 0 Å². The first-order valence-corrected chi connectivity index (χ1v) is 11.2. The molecule has 3 aliphatic rings. The molecule has 2 heterocycles. The summed E-state index contributed by atoms with van der Waals surface area (Å²) in [4.78, 5) is 5.28. The van der Waals surface area contributed by atoms with Crippen molar-refractivity contribution in [3.8, 4) is 0 Å². The summed E-state index contributed by atoms with van der Waals surface area (Å²) in [6.45, 7) is 7.53. The van der Waals surface area contributed by atoms with E-state index in [9.17, 15) is 0 Å². The van der Waals surface area contributed by atoms with Gasteiger partial charge in [0.05, 0.1) is 0 Å². The van der Waals surface area contributed by atoms with Gasteiger partial charge in [0, 0.05) is 37.9 Å². The molecule has 2 aliphatic heterocycles. The number of benzene rings is 1. The Labute approximate surface area is 160 Å². The molecule has 4 rings (SSSR count). The van der Waals surface area contributed by atoms with E-state index in [2.05, 4.69) is 39.4 Å². The predicted molar refractivity (Wildman–Crippen MR) is 111 cm³/mol. The van der Waals surface area contributed by atoms with Crippen LogP contribution < -0.4 is 10.2 Å². The van der Waals surface area contributed by atoms with Crippen molar-refractivity contribution in [2.75, 3.05) is 37.6 Å². The largest absolute Gasteiger partial charge is 0.372 e. The minimum absolute atomic E-state index is 0.748. The highest BCUT2D eigenvalue weighted by Gasteiger charge is 2.23. The number of anilines is 1. The average Bonchev–Trinajstić information content (AvgIpc) is 3.21. The second kappa shape index (κ2) is 9.23. The van der Waals surface area contributed by atoms with E-state index in [1.54, 1.807) is 0 Å². The van der Waals surface area contributed by atoms with Crippen LogP contribution in [0.25, 0.3) is 0 Å².